The van der Waals surface area contributed by atoms with E-state index in [1.807, 2.05) is 0 Å². The molecule has 0 aromatic rings. The molecule has 0 aliphatic heterocycles. The molecule has 0 unspecified atom stereocenters. The van der Waals surface area contributed by atoms with Crippen LogP contribution in [-0.2, 0) is 0 Å². The Balaban J connectivity index is 0. The molecule has 0 heterocycles. The summed E-state index contributed by atoms with van der Waals surface area (Å²) < 4.78 is 1.24. The normalized spacial score (nSPS) is 11.6. The van der Waals surface area contributed by atoms with E-state index in [1.54, 1.807) is 0 Å². The third-order valence-corrected chi connectivity index (χ3v) is 6.98. The molecule has 0 aromatic heterocycles. The molecule has 0 saturated carbocycles. The molecule has 0 radical (unpaired) electrons. The fraction of sp³-hybridized carbons (Fsp3) is 1.00. The molecule has 0 aromatic carbocycles. The van der Waals surface area contributed by atoms with Crippen molar-refractivity contribution in [2.24, 2.45) is 0 Å². The van der Waals surface area contributed by atoms with Gasteiger partial charge in [0.1, 0.15) is 0 Å². The predicted molar refractivity (Wildman–Crippen MR) is 141 cm³/mol. The Morgan fingerprint density at radius 1 is 0.323 bits per heavy atom. The van der Waals surface area contributed by atoms with Gasteiger partial charge in [0.15, 0.2) is 0 Å². The molecular weight excluding hydrogens is 378 g/mol. The zero-order chi connectivity index (χ0) is 22.2. The van der Waals surface area contributed by atoms with Crippen LogP contribution in [0.4, 0.5) is 0 Å². The van der Waals surface area contributed by atoms with E-state index in [0.717, 1.165) is 0 Å². The average Bonchev–Trinajstić information content (AvgIpc) is 2.72. The van der Waals surface area contributed by atoms with E-state index in [0.29, 0.717) is 0 Å². The maximum absolute atomic E-state index is 2.45. The van der Waals surface area contributed by atoms with E-state index in [9.17, 15) is 0 Å². The molecule has 0 saturated heterocycles. The van der Waals surface area contributed by atoms with Crippen molar-refractivity contribution >= 4 is 0 Å². The zero-order valence-corrected chi connectivity index (χ0v) is 22.6. The minimum atomic E-state index is 0. The van der Waals surface area contributed by atoms with Gasteiger partial charge in [0.2, 0.25) is 0 Å². The summed E-state index contributed by atoms with van der Waals surface area (Å²) in [7, 11) is 4.90. The Bertz CT molecular complexity index is 316. The van der Waals surface area contributed by atoms with Gasteiger partial charge in [0.25, 0.3) is 0 Å². The van der Waals surface area contributed by atoms with Crippen molar-refractivity contribution in [3.8, 4) is 0 Å². The number of hydrogen-bond donors (Lipinski definition) is 0. The molecule has 2 nitrogen and oxygen atoms in total. The highest BCUT2D eigenvalue weighted by molar-refractivity contribution is 4.50. The summed E-state index contributed by atoms with van der Waals surface area (Å²) in [5, 5.41) is 0. The van der Waals surface area contributed by atoms with Crippen LogP contribution in [-0.4, -0.2) is 37.1 Å². The van der Waals surface area contributed by atoms with E-state index >= 15 is 0 Å². The summed E-state index contributed by atoms with van der Waals surface area (Å²) in [5.74, 6) is 0. The largest absolute Gasteiger partial charge is 0.870 e. The van der Waals surface area contributed by atoms with Crippen LogP contribution in [0, 0.1) is 0 Å². The van der Waals surface area contributed by atoms with E-state index < -0.39 is 0 Å². The summed E-state index contributed by atoms with van der Waals surface area (Å²) in [5.41, 5.74) is 0. The van der Waals surface area contributed by atoms with Crippen molar-refractivity contribution in [3.05, 3.63) is 0 Å². The van der Waals surface area contributed by atoms with Crippen LogP contribution < -0.4 is 0 Å². The fourth-order valence-electron chi connectivity index (χ4n) is 4.70. The molecule has 2 heteroatoms. The quantitative estimate of drug-likeness (QED) is 0.102. The monoisotopic (exact) mass is 441 g/mol. The molecule has 0 atom stereocenters. The average molecular weight is 442 g/mol. The van der Waals surface area contributed by atoms with Crippen molar-refractivity contribution in [2.75, 3.05) is 27.2 Å². The molecule has 0 spiro atoms. The minimum Gasteiger partial charge on any atom is -0.870 e. The summed E-state index contributed by atoms with van der Waals surface area (Å²) >= 11 is 0. The van der Waals surface area contributed by atoms with Gasteiger partial charge in [-0.15, -0.1) is 0 Å². The first-order chi connectivity index (χ1) is 14.6. The number of nitrogens with zero attached hydrogens (tertiary/aromatic N) is 1. The first-order valence-electron chi connectivity index (χ1n) is 14.4. The Morgan fingerprint density at radius 3 is 0.742 bits per heavy atom. The molecule has 190 valence electrons. The maximum Gasteiger partial charge on any atom is 0.0782 e. The van der Waals surface area contributed by atoms with Crippen LogP contribution in [0.15, 0.2) is 0 Å². The topological polar surface area (TPSA) is 30.0 Å². The second-order valence-electron chi connectivity index (χ2n) is 10.8. The van der Waals surface area contributed by atoms with Gasteiger partial charge in [-0.1, -0.05) is 136 Å². The van der Waals surface area contributed by atoms with Gasteiger partial charge in [-0.3, -0.25) is 0 Å². The van der Waals surface area contributed by atoms with Crippen LogP contribution >= 0.6 is 0 Å². The second kappa shape index (κ2) is 26.2. The van der Waals surface area contributed by atoms with Crippen LogP contribution in [0.1, 0.15) is 162 Å². The lowest BCUT2D eigenvalue weighted by Gasteiger charge is -2.30. The summed E-state index contributed by atoms with van der Waals surface area (Å²) in [4.78, 5) is 0. The predicted octanol–water partition coefficient (Wildman–Crippen LogP) is 9.90. The lowest BCUT2D eigenvalue weighted by Crippen LogP contribution is -2.41. The molecule has 0 aliphatic rings. The number of unbranched alkanes of at least 4 members (excludes halogenated alkanes) is 21. The van der Waals surface area contributed by atoms with Crippen LogP contribution in [0.25, 0.3) is 0 Å². The first-order valence-corrected chi connectivity index (χ1v) is 14.4. The van der Waals surface area contributed by atoms with E-state index in [-0.39, 0.29) is 5.48 Å². The second-order valence-corrected chi connectivity index (χ2v) is 10.8. The van der Waals surface area contributed by atoms with Gasteiger partial charge in [-0.2, -0.15) is 0 Å². The molecule has 0 bridgehead atoms. The van der Waals surface area contributed by atoms with Crippen molar-refractivity contribution in [2.45, 2.75) is 162 Å². The van der Waals surface area contributed by atoms with Crippen molar-refractivity contribution in [1.29, 1.82) is 0 Å². The highest BCUT2D eigenvalue weighted by Crippen LogP contribution is 2.15. The Morgan fingerprint density at radius 2 is 0.516 bits per heavy atom. The van der Waals surface area contributed by atoms with Crippen molar-refractivity contribution in [3.63, 3.8) is 0 Å². The molecule has 0 amide bonds. The minimum absolute atomic E-state index is 0. The van der Waals surface area contributed by atoms with Gasteiger partial charge < -0.3 is 9.96 Å². The number of rotatable bonds is 25. The molecule has 1 N–H and O–H groups in total. The van der Waals surface area contributed by atoms with Gasteiger partial charge in [-0.05, 0) is 25.7 Å². The van der Waals surface area contributed by atoms with E-state index in [4.69, 9.17) is 0 Å². The smallest absolute Gasteiger partial charge is 0.0782 e. The summed E-state index contributed by atoms with van der Waals surface area (Å²) in [6.45, 7) is 7.37. The van der Waals surface area contributed by atoms with Crippen molar-refractivity contribution in [1.82, 2.24) is 0 Å². The highest BCUT2D eigenvalue weighted by Gasteiger charge is 2.13. The Labute approximate surface area is 198 Å². The van der Waals surface area contributed by atoms with E-state index in [2.05, 4.69) is 27.9 Å². The number of quaternary nitrogens is 1. The van der Waals surface area contributed by atoms with E-state index in [1.165, 1.54) is 165 Å². The van der Waals surface area contributed by atoms with Crippen LogP contribution in [0.2, 0.25) is 0 Å². The third kappa shape index (κ3) is 27.9. The number of hydrogen-bond acceptors (Lipinski definition) is 1. The van der Waals surface area contributed by atoms with Gasteiger partial charge in [-0.25, -0.2) is 0 Å². The zero-order valence-electron chi connectivity index (χ0n) is 22.6. The SMILES string of the molecule is CCCCCCCCCCCCCCCCC[N+](C)(C)CCCCCCCCCC.[OH-]. The molecular formula is C29H63NO. The molecule has 0 fully saturated rings. The fourth-order valence-corrected chi connectivity index (χ4v) is 4.70. The van der Waals surface area contributed by atoms with Crippen molar-refractivity contribution < 1.29 is 9.96 Å². The first kappa shape index (κ1) is 33.1. The van der Waals surface area contributed by atoms with Crippen LogP contribution in [0.5, 0.6) is 0 Å². The van der Waals surface area contributed by atoms with Gasteiger partial charge in [0, 0.05) is 0 Å². The summed E-state index contributed by atoms with van der Waals surface area (Å²) in [6, 6.07) is 0. The lowest BCUT2D eigenvalue weighted by molar-refractivity contribution is -0.890. The molecule has 0 aliphatic carbocycles. The van der Waals surface area contributed by atoms with Gasteiger partial charge in [0.05, 0.1) is 27.2 Å². The highest BCUT2D eigenvalue weighted by atomic mass is 16.0. The lowest BCUT2D eigenvalue weighted by atomic mass is 10.0. The molecule has 31 heavy (non-hydrogen) atoms. The van der Waals surface area contributed by atoms with Crippen LogP contribution in [0.3, 0.4) is 0 Å². The van der Waals surface area contributed by atoms with Gasteiger partial charge >= 0.3 is 0 Å². The third-order valence-electron chi connectivity index (χ3n) is 6.98. The maximum atomic E-state index is 2.45. The summed E-state index contributed by atoms with van der Waals surface area (Å²) in [6.07, 6.45) is 33.5. The Kier molecular flexibility index (Phi) is 27.9. The molecule has 0 rings (SSSR count). The standard InChI is InChI=1S/C29H62N.H2O/c1-5-7-9-11-13-15-16-17-18-19-20-21-23-25-27-29-30(3,4)28-26-24-22-14-12-10-8-6-2;/h5-29H2,1-4H3;1H2/q+1;/p-1. The Hall–Kier alpha value is -0.0800.